The minimum absolute atomic E-state index is 0.0199. The number of rotatable bonds is 11. The monoisotopic (exact) mass is 528 g/mol. The second-order valence-electron chi connectivity index (χ2n) is 11.1. The number of fused-ring (bicyclic) bond motifs is 1. The molecule has 0 radical (unpaired) electrons. The van der Waals surface area contributed by atoms with E-state index in [4.69, 9.17) is 9.47 Å². The van der Waals surface area contributed by atoms with Crippen LogP contribution < -0.4 is 10.6 Å². The lowest BCUT2D eigenvalue weighted by molar-refractivity contribution is -0.146. The second kappa shape index (κ2) is 11.3. The summed E-state index contributed by atoms with van der Waals surface area (Å²) in [4.78, 5) is 45.1. The molecular formula is C28H40N4O6. The Bertz CT molecular complexity index is 1020. The molecule has 4 heterocycles. The third kappa shape index (κ3) is 4.95. The molecule has 10 nitrogen and oxygen atoms in total. The van der Waals surface area contributed by atoms with Crippen molar-refractivity contribution in [2.45, 2.75) is 56.4 Å². The van der Waals surface area contributed by atoms with Gasteiger partial charge >= 0.3 is 0 Å². The van der Waals surface area contributed by atoms with Crippen LogP contribution >= 0.6 is 0 Å². The van der Waals surface area contributed by atoms with Gasteiger partial charge in [0.25, 0.3) is 0 Å². The summed E-state index contributed by atoms with van der Waals surface area (Å²) in [6.45, 7) is 6.85. The third-order valence-corrected chi connectivity index (χ3v) is 8.76. The van der Waals surface area contributed by atoms with Crippen LogP contribution in [0.3, 0.4) is 0 Å². The summed E-state index contributed by atoms with van der Waals surface area (Å²) in [6, 6.07) is 8.87. The predicted molar refractivity (Wildman–Crippen MR) is 139 cm³/mol. The molecule has 0 aliphatic carbocycles. The minimum atomic E-state index is -1.02. The molecule has 0 saturated carbocycles. The summed E-state index contributed by atoms with van der Waals surface area (Å²) >= 11 is 0. The van der Waals surface area contributed by atoms with E-state index in [1.54, 1.807) is 4.90 Å². The maximum atomic E-state index is 13.9. The lowest BCUT2D eigenvalue weighted by Gasteiger charge is -2.34. The first-order valence-corrected chi connectivity index (χ1v) is 13.9. The molecule has 5 rings (SSSR count). The average Bonchev–Trinajstić information content (AvgIpc) is 3.49. The maximum Gasteiger partial charge on any atom is 0.245 e. The van der Waals surface area contributed by atoms with E-state index in [1.165, 1.54) is 0 Å². The van der Waals surface area contributed by atoms with Crippen molar-refractivity contribution in [1.29, 1.82) is 0 Å². The van der Waals surface area contributed by atoms with Crippen LogP contribution in [0.2, 0.25) is 0 Å². The van der Waals surface area contributed by atoms with Crippen LogP contribution in [0.25, 0.3) is 0 Å². The number of carbonyl (C=O) groups excluding carboxylic acids is 3. The van der Waals surface area contributed by atoms with Gasteiger partial charge in [0.2, 0.25) is 17.7 Å². The summed E-state index contributed by atoms with van der Waals surface area (Å²) < 4.78 is 12.0. The Labute approximate surface area is 224 Å². The molecule has 1 spiro atoms. The van der Waals surface area contributed by atoms with Gasteiger partial charge in [-0.1, -0.05) is 30.3 Å². The van der Waals surface area contributed by atoms with E-state index < -0.39 is 29.1 Å². The van der Waals surface area contributed by atoms with Crippen molar-refractivity contribution in [2.75, 3.05) is 52.5 Å². The van der Waals surface area contributed by atoms with E-state index in [2.05, 4.69) is 15.5 Å². The van der Waals surface area contributed by atoms with Crippen LogP contribution in [0, 0.1) is 11.8 Å². The molecule has 1 aromatic rings. The van der Waals surface area contributed by atoms with Gasteiger partial charge in [0, 0.05) is 45.9 Å². The molecule has 4 aliphatic rings. The first-order chi connectivity index (χ1) is 18.4. The van der Waals surface area contributed by atoms with E-state index in [0.717, 1.165) is 18.7 Å². The van der Waals surface area contributed by atoms with Crippen LogP contribution in [-0.2, 0) is 30.4 Å². The number of aliphatic hydroxyl groups excluding tert-OH is 1. The molecule has 208 valence electrons. The number of likely N-dealkylation sites (tertiary alicyclic amines) is 1. The highest BCUT2D eigenvalue weighted by atomic mass is 16.5. The molecule has 4 saturated heterocycles. The zero-order valence-electron chi connectivity index (χ0n) is 22.2. The Morgan fingerprint density at radius 1 is 1.05 bits per heavy atom. The van der Waals surface area contributed by atoms with Crippen LogP contribution in [0.5, 0.6) is 0 Å². The van der Waals surface area contributed by atoms with Gasteiger partial charge in [-0.25, -0.2) is 0 Å². The molecule has 3 N–H and O–H groups in total. The quantitative estimate of drug-likeness (QED) is 0.353. The molecule has 0 aromatic heterocycles. The number of morpholine rings is 1. The van der Waals surface area contributed by atoms with Crippen LogP contribution in [0.4, 0.5) is 0 Å². The SMILES string of the molecule is C[C@@]12CCC3(O1)C(C(=O)NCCN1CCOCC1)N(CCCCO)C(=O)[C@@H]3[C@@H]2C(=O)NCc1ccccc1. The Morgan fingerprint density at radius 2 is 1.82 bits per heavy atom. The molecule has 2 bridgehead atoms. The van der Waals surface area contributed by atoms with Crippen LogP contribution in [-0.4, -0.2) is 102 Å². The Kier molecular flexibility index (Phi) is 8.04. The zero-order valence-corrected chi connectivity index (χ0v) is 22.2. The van der Waals surface area contributed by atoms with Crippen molar-refractivity contribution >= 4 is 17.7 Å². The number of hydrogen-bond donors (Lipinski definition) is 3. The number of unbranched alkanes of at least 4 members (excludes halogenated alkanes) is 1. The van der Waals surface area contributed by atoms with Crippen molar-refractivity contribution < 1.29 is 29.0 Å². The van der Waals surface area contributed by atoms with Gasteiger partial charge < -0.3 is 30.1 Å². The zero-order chi connectivity index (χ0) is 26.8. The van der Waals surface area contributed by atoms with Crippen molar-refractivity contribution in [3.05, 3.63) is 35.9 Å². The summed E-state index contributed by atoms with van der Waals surface area (Å²) in [7, 11) is 0. The molecule has 3 amide bonds. The number of benzene rings is 1. The highest BCUT2D eigenvalue weighted by molar-refractivity contribution is 5.99. The van der Waals surface area contributed by atoms with Crippen molar-refractivity contribution in [2.24, 2.45) is 11.8 Å². The molecule has 2 unspecified atom stereocenters. The number of ether oxygens (including phenoxy) is 2. The third-order valence-electron chi connectivity index (χ3n) is 8.76. The fraction of sp³-hybridized carbons (Fsp3) is 0.679. The van der Waals surface area contributed by atoms with Gasteiger partial charge in [-0.3, -0.25) is 19.3 Å². The summed E-state index contributed by atoms with van der Waals surface area (Å²) in [5.74, 6) is -2.01. The molecule has 10 heteroatoms. The van der Waals surface area contributed by atoms with Gasteiger partial charge in [0.15, 0.2) is 0 Å². The number of aliphatic hydroxyl groups is 1. The second-order valence-corrected chi connectivity index (χ2v) is 11.1. The molecule has 4 aliphatic heterocycles. The van der Waals surface area contributed by atoms with Crippen molar-refractivity contribution in [3.8, 4) is 0 Å². The number of nitrogens with zero attached hydrogens (tertiary/aromatic N) is 2. The van der Waals surface area contributed by atoms with Gasteiger partial charge in [0.1, 0.15) is 11.6 Å². The van der Waals surface area contributed by atoms with E-state index in [0.29, 0.717) is 65.1 Å². The highest BCUT2D eigenvalue weighted by Crippen LogP contribution is 2.63. The molecule has 4 fully saturated rings. The number of carbonyl (C=O) groups is 3. The van der Waals surface area contributed by atoms with Gasteiger partial charge in [-0.15, -0.1) is 0 Å². The Balaban J connectivity index is 1.34. The van der Waals surface area contributed by atoms with E-state index >= 15 is 0 Å². The van der Waals surface area contributed by atoms with E-state index in [1.807, 2.05) is 37.3 Å². The first-order valence-electron chi connectivity index (χ1n) is 13.9. The molecule has 38 heavy (non-hydrogen) atoms. The normalized spacial score (nSPS) is 32.4. The summed E-state index contributed by atoms with van der Waals surface area (Å²) in [6.07, 6.45) is 2.28. The number of hydrogen-bond acceptors (Lipinski definition) is 7. The largest absolute Gasteiger partial charge is 0.396 e. The number of nitrogens with one attached hydrogen (secondary N) is 2. The van der Waals surface area contributed by atoms with Gasteiger partial charge in [0.05, 0.1) is 30.7 Å². The summed E-state index contributed by atoms with van der Waals surface area (Å²) in [5.41, 5.74) is -0.848. The van der Waals surface area contributed by atoms with Crippen LogP contribution in [0.1, 0.15) is 38.2 Å². The van der Waals surface area contributed by atoms with Crippen LogP contribution in [0.15, 0.2) is 30.3 Å². The predicted octanol–water partition coefficient (Wildman–Crippen LogP) is 0.288. The van der Waals surface area contributed by atoms with Gasteiger partial charge in [-0.2, -0.15) is 0 Å². The maximum absolute atomic E-state index is 13.9. The van der Waals surface area contributed by atoms with E-state index in [-0.39, 0.29) is 24.3 Å². The summed E-state index contributed by atoms with van der Waals surface area (Å²) in [5, 5.41) is 15.4. The number of amides is 3. The molecule has 1 aromatic carbocycles. The average molecular weight is 529 g/mol. The van der Waals surface area contributed by atoms with E-state index in [9.17, 15) is 19.5 Å². The first kappa shape index (κ1) is 27.1. The van der Waals surface area contributed by atoms with Crippen molar-refractivity contribution in [1.82, 2.24) is 20.4 Å². The molecular weight excluding hydrogens is 488 g/mol. The standard InChI is InChI=1S/C28H40N4O6/c1-27-9-10-28(38-27)22(21(27)24(34)30-19-20-7-3-2-4-8-20)26(36)32(12-5-6-16-33)23(28)25(35)29-11-13-31-14-17-37-18-15-31/h2-4,7-8,21-23,33H,5-6,9-19H2,1H3,(H,29,35)(H,30,34)/t21-,22+,23?,27+,28?/m1/s1. The smallest absolute Gasteiger partial charge is 0.245 e. The van der Waals surface area contributed by atoms with Crippen molar-refractivity contribution in [3.63, 3.8) is 0 Å². The minimum Gasteiger partial charge on any atom is -0.396 e. The molecule has 5 atom stereocenters. The van der Waals surface area contributed by atoms with Gasteiger partial charge in [-0.05, 0) is 38.2 Å². The lowest BCUT2D eigenvalue weighted by atomic mass is 9.66. The fourth-order valence-electron chi connectivity index (χ4n) is 6.92. The lowest BCUT2D eigenvalue weighted by Crippen LogP contribution is -2.56. The Hall–Kier alpha value is -2.53. The highest BCUT2D eigenvalue weighted by Gasteiger charge is 2.77. The topological polar surface area (TPSA) is 120 Å². The Morgan fingerprint density at radius 3 is 2.55 bits per heavy atom. The fourth-order valence-corrected chi connectivity index (χ4v) is 6.92.